The van der Waals surface area contributed by atoms with Crippen molar-refractivity contribution in [2.45, 2.75) is 17.7 Å². The molecule has 36 heavy (non-hydrogen) atoms. The van der Waals surface area contributed by atoms with Gasteiger partial charge in [0.25, 0.3) is 0 Å². The molecule has 0 saturated carbocycles. The summed E-state index contributed by atoms with van der Waals surface area (Å²) in [5, 5.41) is 2.69. The molecule has 1 heterocycles. The van der Waals surface area contributed by atoms with Gasteiger partial charge in [-0.25, -0.2) is 16.8 Å². The molecule has 2 aromatic carbocycles. The first-order chi connectivity index (χ1) is 17.1. The number of nitrogens with one attached hydrogen (secondary N) is 1. The lowest BCUT2D eigenvalue weighted by Gasteiger charge is -2.26. The van der Waals surface area contributed by atoms with E-state index in [-0.39, 0.29) is 43.1 Å². The lowest BCUT2D eigenvalue weighted by Crippen LogP contribution is -2.40. The minimum absolute atomic E-state index is 0.00916. The van der Waals surface area contributed by atoms with E-state index in [9.17, 15) is 21.6 Å². The van der Waals surface area contributed by atoms with Gasteiger partial charge in [-0.1, -0.05) is 12.1 Å². The van der Waals surface area contributed by atoms with E-state index in [0.29, 0.717) is 30.4 Å². The summed E-state index contributed by atoms with van der Waals surface area (Å²) < 4.78 is 69.1. The van der Waals surface area contributed by atoms with Crippen molar-refractivity contribution in [2.75, 3.05) is 62.9 Å². The van der Waals surface area contributed by atoms with Crippen LogP contribution in [0.25, 0.3) is 0 Å². The zero-order valence-electron chi connectivity index (χ0n) is 20.5. The minimum atomic E-state index is -3.77. The van der Waals surface area contributed by atoms with Crippen LogP contribution in [0.1, 0.15) is 12.8 Å². The highest BCUT2D eigenvalue weighted by Crippen LogP contribution is 2.31. The number of methoxy groups -OCH3 is 2. The number of carbonyl (C=O) groups excluding carboxylic acids is 1. The first-order valence-electron chi connectivity index (χ1n) is 11.2. The first-order valence-corrected chi connectivity index (χ1v) is 14.5. The lowest BCUT2D eigenvalue weighted by molar-refractivity contribution is -0.116. The van der Waals surface area contributed by atoms with Gasteiger partial charge in [-0.3, -0.25) is 9.10 Å². The third kappa shape index (κ3) is 6.66. The fraction of sp³-hybridized carbons (Fsp3) is 0.435. The van der Waals surface area contributed by atoms with E-state index in [0.717, 1.165) is 6.26 Å². The Morgan fingerprint density at radius 1 is 1.03 bits per heavy atom. The van der Waals surface area contributed by atoms with E-state index in [4.69, 9.17) is 14.2 Å². The number of morpholine rings is 1. The molecule has 1 aliphatic rings. The quantitative estimate of drug-likeness (QED) is 0.456. The molecular formula is C23H31N3O8S2. The fourth-order valence-electron chi connectivity index (χ4n) is 3.78. The van der Waals surface area contributed by atoms with E-state index >= 15 is 0 Å². The van der Waals surface area contributed by atoms with Gasteiger partial charge in [0.2, 0.25) is 26.0 Å². The van der Waals surface area contributed by atoms with Crippen molar-refractivity contribution in [2.24, 2.45) is 0 Å². The molecule has 0 bridgehead atoms. The Kier molecular flexibility index (Phi) is 9.17. The Hall–Kier alpha value is -2.87. The van der Waals surface area contributed by atoms with Crippen LogP contribution in [0.3, 0.4) is 0 Å². The molecule has 0 radical (unpaired) electrons. The van der Waals surface area contributed by atoms with Gasteiger partial charge in [-0.05, 0) is 36.8 Å². The summed E-state index contributed by atoms with van der Waals surface area (Å²) in [6, 6.07) is 11.0. The first kappa shape index (κ1) is 27.7. The summed E-state index contributed by atoms with van der Waals surface area (Å²) in [7, 11) is -4.53. The van der Waals surface area contributed by atoms with Crippen LogP contribution in [0.2, 0.25) is 0 Å². The average Bonchev–Trinajstić information content (AvgIpc) is 2.86. The van der Waals surface area contributed by atoms with Crippen LogP contribution in [-0.4, -0.2) is 80.4 Å². The fourth-order valence-corrected chi connectivity index (χ4v) is 6.18. The maximum absolute atomic E-state index is 13.0. The number of para-hydroxylation sites is 2. The standard InChI is InChI=1S/C23H31N3O8S2/c1-32-21-11-10-18(36(30,31)25-13-15-34-16-14-25)17-19(21)24-23(27)9-6-12-26(35(3,28)29)20-7-4-5-8-22(20)33-2/h4-5,7-8,10-11,17H,6,9,12-16H2,1-3H3,(H,24,27). The minimum Gasteiger partial charge on any atom is -0.495 e. The Morgan fingerprint density at radius 2 is 1.69 bits per heavy atom. The number of sulfonamides is 2. The molecule has 11 nitrogen and oxygen atoms in total. The van der Waals surface area contributed by atoms with E-state index in [1.165, 1.54) is 41.0 Å². The molecule has 13 heteroatoms. The molecule has 1 fully saturated rings. The molecular weight excluding hydrogens is 510 g/mol. The maximum Gasteiger partial charge on any atom is 0.243 e. The molecule has 1 N–H and O–H groups in total. The van der Waals surface area contributed by atoms with Crippen molar-refractivity contribution in [1.82, 2.24) is 4.31 Å². The van der Waals surface area contributed by atoms with Crippen molar-refractivity contribution in [3.63, 3.8) is 0 Å². The van der Waals surface area contributed by atoms with Crippen molar-refractivity contribution < 1.29 is 35.8 Å². The van der Waals surface area contributed by atoms with Crippen LogP contribution in [0.15, 0.2) is 47.4 Å². The average molecular weight is 542 g/mol. The van der Waals surface area contributed by atoms with Crippen LogP contribution >= 0.6 is 0 Å². The number of anilines is 2. The third-order valence-electron chi connectivity index (χ3n) is 5.57. The number of ether oxygens (including phenoxy) is 3. The molecule has 1 saturated heterocycles. The van der Waals surface area contributed by atoms with E-state index in [2.05, 4.69) is 5.32 Å². The summed E-state index contributed by atoms with van der Waals surface area (Å²) >= 11 is 0. The summed E-state index contributed by atoms with van der Waals surface area (Å²) in [4.78, 5) is 12.7. The second kappa shape index (κ2) is 11.9. The number of rotatable bonds is 11. The van der Waals surface area contributed by atoms with Gasteiger partial charge in [0, 0.05) is 26.1 Å². The van der Waals surface area contributed by atoms with Crippen molar-refractivity contribution in [1.29, 1.82) is 0 Å². The normalized spacial score (nSPS) is 14.8. The van der Waals surface area contributed by atoms with E-state index < -0.39 is 26.0 Å². The lowest BCUT2D eigenvalue weighted by atomic mass is 10.2. The van der Waals surface area contributed by atoms with Gasteiger partial charge in [0.05, 0.1) is 50.0 Å². The predicted octanol–water partition coefficient (Wildman–Crippen LogP) is 1.91. The smallest absolute Gasteiger partial charge is 0.243 e. The SMILES string of the molecule is COc1ccc(S(=O)(=O)N2CCOCC2)cc1NC(=O)CCCN(c1ccccc1OC)S(C)(=O)=O. The van der Waals surface area contributed by atoms with Gasteiger partial charge < -0.3 is 19.5 Å². The molecule has 0 unspecified atom stereocenters. The number of hydrogen-bond donors (Lipinski definition) is 1. The molecule has 0 spiro atoms. The van der Waals surface area contributed by atoms with Crippen LogP contribution in [0.5, 0.6) is 11.5 Å². The molecule has 0 aliphatic carbocycles. The van der Waals surface area contributed by atoms with E-state index in [1.807, 2.05) is 0 Å². The number of benzene rings is 2. The highest BCUT2D eigenvalue weighted by molar-refractivity contribution is 7.92. The van der Waals surface area contributed by atoms with Crippen LogP contribution in [-0.2, 0) is 29.6 Å². The van der Waals surface area contributed by atoms with Gasteiger partial charge >= 0.3 is 0 Å². The highest BCUT2D eigenvalue weighted by Gasteiger charge is 2.27. The zero-order chi connectivity index (χ0) is 26.3. The van der Waals surface area contributed by atoms with Crippen molar-refractivity contribution in [3.8, 4) is 11.5 Å². The van der Waals surface area contributed by atoms with Gasteiger partial charge in [-0.2, -0.15) is 4.31 Å². The summed E-state index contributed by atoms with van der Waals surface area (Å²) in [6.45, 7) is 1.18. The molecule has 3 rings (SSSR count). The number of carbonyl (C=O) groups is 1. The predicted molar refractivity (Wildman–Crippen MR) is 136 cm³/mol. The van der Waals surface area contributed by atoms with Crippen LogP contribution in [0, 0.1) is 0 Å². The monoisotopic (exact) mass is 541 g/mol. The number of nitrogens with zero attached hydrogens (tertiary/aromatic N) is 2. The zero-order valence-corrected chi connectivity index (χ0v) is 22.1. The Labute approximate surface area is 212 Å². The van der Waals surface area contributed by atoms with E-state index in [1.54, 1.807) is 24.3 Å². The maximum atomic E-state index is 13.0. The largest absolute Gasteiger partial charge is 0.495 e. The van der Waals surface area contributed by atoms with Crippen LogP contribution in [0.4, 0.5) is 11.4 Å². The van der Waals surface area contributed by atoms with Crippen LogP contribution < -0.4 is 19.1 Å². The third-order valence-corrected chi connectivity index (χ3v) is 8.65. The second-order valence-electron chi connectivity index (χ2n) is 8.04. The highest BCUT2D eigenvalue weighted by atomic mass is 32.2. The number of amides is 1. The number of hydrogen-bond acceptors (Lipinski definition) is 8. The summed E-state index contributed by atoms with van der Waals surface area (Å²) in [6.07, 6.45) is 1.29. The molecule has 0 aromatic heterocycles. The molecule has 2 aromatic rings. The van der Waals surface area contributed by atoms with Crippen molar-refractivity contribution >= 4 is 37.3 Å². The Balaban J connectivity index is 1.71. The molecule has 1 amide bonds. The molecule has 0 atom stereocenters. The summed E-state index contributed by atoms with van der Waals surface area (Å²) in [5.41, 5.74) is 0.590. The summed E-state index contributed by atoms with van der Waals surface area (Å²) in [5.74, 6) is 0.286. The van der Waals surface area contributed by atoms with Gasteiger partial charge in [-0.15, -0.1) is 0 Å². The molecule has 1 aliphatic heterocycles. The Morgan fingerprint density at radius 3 is 2.33 bits per heavy atom. The second-order valence-corrected chi connectivity index (χ2v) is 11.9. The Bertz CT molecular complexity index is 1280. The molecule has 198 valence electrons. The van der Waals surface area contributed by atoms with Gasteiger partial charge in [0.1, 0.15) is 11.5 Å². The topological polar surface area (TPSA) is 132 Å². The van der Waals surface area contributed by atoms with Gasteiger partial charge in [0.15, 0.2) is 0 Å². The van der Waals surface area contributed by atoms with Crippen molar-refractivity contribution in [3.05, 3.63) is 42.5 Å².